The first kappa shape index (κ1) is 17.3. The Balaban J connectivity index is 0.000000300. The van der Waals surface area contributed by atoms with Gasteiger partial charge in [-0.3, -0.25) is 0 Å². The van der Waals surface area contributed by atoms with E-state index in [0.717, 1.165) is 13.0 Å². The zero-order valence-electron chi connectivity index (χ0n) is 13.2. The fourth-order valence-corrected chi connectivity index (χ4v) is 3.79. The Labute approximate surface area is 142 Å². The molecule has 1 aromatic carbocycles. The van der Waals surface area contributed by atoms with Crippen LogP contribution in [0.2, 0.25) is 0 Å². The van der Waals surface area contributed by atoms with Gasteiger partial charge in [0.25, 0.3) is 0 Å². The molecule has 0 fully saturated rings. The van der Waals surface area contributed by atoms with Crippen LogP contribution < -0.4 is 9.23 Å². The molecule has 130 valence electrons. The molecule has 0 spiro atoms. The summed E-state index contributed by atoms with van der Waals surface area (Å²) < 4.78 is 38.7. The van der Waals surface area contributed by atoms with Crippen molar-refractivity contribution in [2.24, 2.45) is 0 Å². The molecule has 3 heterocycles. The van der Waals surface area contributed by atoms with Crippen LogP contribution in [0.4, 0.5) is 0 Å². The Morgan fingerprint density at radius 3 is 2.42 bits per heavy atom. The van der Waals surface area contributed by atoms with E-state index >= 15 is 0 Å². The first-order chi connectivity index (χ1) is 11.4. The van der Waals surface area contributed by atoms with E-state index in [1.54, 1.807) is 0 Å². The summed E-state index contributed by atoms with van der Waals surface area (Å²) in [6.07, 6.45) is 3.63. The van der Waals surface area contributed by atoms with Gasteiger partial charge >= 0.3 is 28.9 Å². The van der Waals surface area contributed by atoms with Crippen molar-refractivity contribution in [3.05, 3.63) is 65.5 Å². The second-order valence-electron chi connectivity index (χ2n) is 5.82. The predicted molar refractivity (Wildman–Crippen MR) is 79.7 cm³/mol. The van der Waals surface area contributed by atoms with E-state index in [2.05, 4.69) is 60.2 Å². The summed E-state index contributed by atoms with van der Waals surface area (Å²) in [4.78, 5) is 0. The second kappa shape index (κ2) is 6.76. The maximum atomic E-state index is 8.83. The second-order valence-corrected chi connectivity index (χ2v) is 6.69. The molecule has 0 radical (unpaired) electrons. The number of hydrogen-bond donors (Lipinski definition) is 3. The number of nitrogens with zero attached hydrogens (tertiary/aromatic N) is 1. The van der Waals surface area contributed by atoms with Gasteiger partial charge in [0.2, 0.25) is 0 Å². The molecule has 3 unspecified atom stereocenters. The van der Waals surface area contributed by atoms with Crippen LogP contribution in [0.25, 0.3) is 0 Å². The van der Waals surface area contributed by atoms with Crippen LogP contribution in [-0.4, -0.2) is 26.7 Å². The summed E-state index contributed by atoms with van der Waals surface area (Å²) >= 11 is 0. The van der Waals surface area contributed by atoms with Crippen molar-refractivity contribution in [1.82, 2.24) is 0 Å². The van der Waals surface area contributed by atoms with E-state index in [1.165, 1.54) is 16.8 Å². The number of pyridine rings is 1. The van der Waals surface area contributed by atoms with Crippen LogP contribution in [0, 0.1) is 10.2 Å². The van der Waals surface area contributed by atoms with Gasteiger partial charge in [0.15, 0.2) is 17.9 Å². The molecule has 1 aromatic heterocycles. The van der Waals surface area contributed by atoms with E-state index in [9.17, 15) is 0 Å². The number of hydrogen-bond acceptors (Lipinski definition) is 5. The topological polar surface area (TPSA) is 96.9 Å². The number of benzene rings is 1. The van der Waals surface area contributed by atoms with Gasteiger partial charge in [-0.25, -0.2) is 0 Å². The maximum absolute atomic E-state index is 8.83. The molecule has 3 atom stereocenters. The standard InChI is InChI=1S/C17H18NO.ClH3O4/c1-2-19-16-11-15-12-7-3-4-8-13(12)17(16)14-9-5-6-10-18(14)15;2-1(3,4)5/h3-10,15-17H,2,11H2,1H3;2-4H/q+1;. The Kier molecular flexibility index (Phi) is 4.87. The quantitative estimate of drug-likeness (QED) is 0.657. The van der Waals surface area contributed by atoms with Gasteiger partial charge in [-0.2, -0.15) is 4.57 Å². The monoisotopic (exact) mass is 354 g/mol. The first-order valence-corrected chi connectivity index (χ1v) is 9.09. The third-order valence-electron chi connectivity index (χ3n) is 4.48. The molecule has 7 heteroatoms. The minimum absolute atomic E-state index is 0.326. The molecule has 3 aliphatic rings. The molecule has 0 amide bonds. The third-order valence-corrected chi connectivity index (χ3v) is 4.48. The molecule has 2 aliphatic heterocycles. The Hall–Kier alpha value is -1.54. The molecule has 24 heavy (non-hydrogen) atoms. The summed E-state index contributed by atoms with van der Waals surface area (Å²) in [7, 11) is -4.19. The van der Waals surface area contributed by atoms with Gasteiger partial charge in [0, 0.05) is 30.7 Å². The number of rotatable bonds is 2. The molecule has 6 nitrogen and oxygen atoms in total. The fourth-order valence-electron chi connectivity index (χ4n) is 3.79. The SMILES string of the molecule is CCOC1CC2c3ccccc3C1c1cccc[n+]12.[O-][Cl+](O)(O)O. The normalized spacial score (nSPS) is 24.5. The van der Waals surface area contributed by atoms with Crippen molar-refractivity contribution in [2.75, 3.05) is 6.61 Å². The molecular formula is C17H21ClNO5+. The zero-order valence-corrected chi connectivity index (χ0v) is 14.0. The Bertz CT molecular complexity index is 665. The van der Waals surface area contributed by atoms with Crippen molar-refractivity contribution in [2.45, 2.75) is 31.4 Å². The van der Waals surface area contributed by atoms with Crippen LogP contribution in [0.5, 0.6) is 0 Å². The molecule has 3 N–H and O–H groups in total. The Morgan fingerprint density at radius 1 is 1.12 bits per heavy atom. The molecule has 5 rings (SSSR count). The van der Waals surface area contributed by atoms with Gasteiger partial charge in [0.1, 0.15) is 0 Å². The molecule has 2 aromatic rings. The molecular weight excluding hydrogens is 334 g/mol. The first-order valence-electron chi connectivity index (χ1n) is 7.76. The van der Waals surface area contributed by atoms with Crippen LogP contribution in [0.1, 0.15) is 42.1 Å². The minimum atomic E-state index is -4.19. The summed E-state index contributed by atoms with van der Waals surface area (Å²) in [6.45, 7) is 2.89. The van der Waals surface area contributed by atoms with E-state index in [4.69, 9.17) is 23.4 Å². The number of aromatic nitrogens is 1. The van der Waals surface area contributed by atoms with Gasteiger partial charge in [-0.15, -0.1) is 0 Å². The van der Waals surface area contributed by atoms with Crippen molar-refractivity contribution in [3.8, 4) is 0 Å². The zero-order chi connectivity index (χ0) is 17.3. The number of ether oxygens (including phenoxy) is 1. The van der Waals surface area contributed by atoms with E-state index in [1.807, 2.05) is 0 Å². The summed E-state index contributed by atoms with van der Waals surface area (Å²) in [5.41, 5.74) is 4.34. The number of halogens is 1. The van der Waals surface area contributed by atoms with E-state index in [0.29, 0.717) is 18.1 Å². The van der Waals surface area contributed by atoms with Crippen LogP contribution in [0.15, 0.2) is 48.7 Å². The summed E-state index contributed by atoms with van der Waals surface area (Å²) in [5, 5.41) is 0. The third kappa shape index (κ3) is 3.44. The van der Waals surface area contributed by atoms with E-state index in [-0.39, 0.29) is 0 Å². The van der Waals surface area contributed by atoms with Crippen molar-refractivity contribution in [3.63, 3.8) is 0 Å². The summed E-state index contributed by atoms with van der Waals surface area (Å²) in [6, 6.07) is 15.8. The van der Waals surface area contributed by atoms with Gasteiger partial charge in [-0.1, -0.05) is 30.3 Å². The van der Waals surface area contributed by atoms with Gasteiger partial charge < -0.3 is 4.74 Å². The van der Waals surface area contributed by atoms with Crippen molar-refractivity contribution >= 4 is 0 Å². The molecule has 2 bridgehead atoms. The average molecular weight is 355 g/mol. The van der Waals surface area contributed by atoms with Crippen LogP contribution >= 0.6 is 0 Å². The molecule has 1 aliphatic carbocycles. The van der Waals surface area contributed by atoms with Crippen molar-refractivity contribution < 1.29 is 38.2 Å². The Morgan fingerprint density at radius 2 is 1.75 bits per heavy atom. The fraction of sp³-hybridized carbons (Fsp3) is 0.353. The molecule has 0 saturated heterocycles. The average Bonchev–Trinajstić information content (AvgIpc) is 2.54. The molecule has 0 saturated carbocycles. The van der Waals surface area contributed by atoms with E-state index < -0.39 is 10.2 Å². The summed E-state index contributed by atoms with van der Waals surface area (Å²) in [5.74, 6) is 0.391. The van der Waals surface area contributed by atoms with Crippen LogP contribution in [-0.2, 0) is 4.74 Å². The number of fused-ring (bicyclic) bond motifs is 1. The van der Waals surface area contributed by atoms with Crippen molar-refractivity contribution in [1.29, 1.82) is 0 Å². The van der Waals surface area contributed by atoms with Gasteiger partial charge in [-0.05, 0) is 12.5 Å². The van der Waals surface area contributed by atoms with Crippen LogP contribution in [0.3, 0.4) is 0 Å². The predicted octanol–water partition coefficient (Wildman–Crippen LogP) is -0.0424. The van der Waals surface area contributed by atoms with Gasteiger partial charge in [0.05, 0.1) is 12.0 Å².